The van der Waals surface area contributed by atoms with E-state index in [4.69, 9.17) is 0 Å². The van der Waals surface area contributed by atoms with Crippen LogP contribution in [-0.2, 0) is 0 Å². The summed E-state index contributed by atoms with van der Waals surface area (Å²) in [6, 6.07) is 6.62. The summed E-state index contributed by atoms with van der Waals surface area (Å²) in [6.07, 6.45) is 4.00. The van der Waals surface area contributed by atoms with Crippen molar-refractivity contribution in [1.29, 1.82) is 0 Å². The summed E-state index contributed by atoms with van der Waals surface area (Å²) >= 11 is 1.67. The van der Waals surface area contributed by atoms with Gasteiger partial charge in [-0.1, -0.05) is 32.0 Å². The second-order valence-electron chi connectivity index (χ2n) is 6.64. The van der Waals surface area contributed by atoms with E-state index in [1.165, 1.54) is 22.3 Å². The van der Waals surface area contributed by atoms with Crippen LogP contribution in [0.25, 0.3) is 27.0 Å². The van der Waals surface area contributed by atoms with Gasteiger partial charge in [0.25, 0.3) is 0 Å². The molecule has 1 aromatic carbocycles. The van der Waals surface area contributed by atoms with E-state index >= 15 is 0 Å². The maximum Gasteiger partial charge on any atom is 0.173 e. The van der Waals surface area contributed by atoms with Crippen molar-refractivity contribution in [3.63, 3.8) is 0 Å². The first-order valence-corrected chi connectivity index (χ1v) is 9.70. The Labute approximate surface area is 151 Å². The molecule has 3 heterocycles. The van der Waals surface area contributed by atoms with E-state index in [9.17, 15) is 0 Å². The highest BCUT2D eigenvalue weighted by Gasteiger charge is 2.19. The second kappa shape index (κ2) is 6.23. The van der Waals surface area contributed by atoms with E-state index in [0.717, 1.165) is 34.5 Å². The first-order valence-electron chi connectivity index (χ1n) is 8.82. The molecule has 0 aliphatic rings. The van der Waals surface area contributed by atoms with Crippen molar-refractivity contribution in [2.24, 2.45) is 0 Å². The number of benzene rings is 1. The Hall–Kier alpha value is -2.27. The SMILES string of the molecule is CCC(CC)c1nnc2c3c(-c4ccc(C)c(C)c4)csc3ncn12. The molecule has 0 unspecified atom stereocenters. The minimum atomic E-state index is 0.415. The van der Waals surface area contributed by atoms with Gasteiger partial charge in [-0.05, 0) is 43.4 Å². The van der Waals surface area contributed by atoms with Gasteiger partial charge in [-0.25, -0.2) is 4.98 Å². The van der Waals surface area contributed by atoms with Gasteiger partial charge in [0.05, 0.1) is 5.39 Å². The second-order valence-corrected chi connectivity index (χ2v) is 7.50. The number of nitrogens with zero attached hydrogens (tertiary/aromatic N) is 4. The number of hydrogen-bond acceptors (Lipinski definition) is 4. The number of thiophene rings is 1. The van der Waals surface area contributed by atoms with Crippen molar-refractivity contribution in [3.8, 4) is 11.1 Å². The molecule has 0 bridgehead atoms. The molecule has 0 radical (unpaired) electrons. The smallest absolute Gasteiger partial charge is 0.173 e. The van der Waals surface area contributed by atoms with E-state index in [2.05, 4.69) is 70.9 Å². The largest absolute Gasteiger partial charge is 0.268 e. The Kier molecular flexibility index (Phi) is 4.04. The van der Waals surface area contributed by atoms with Crippen LogP contribution in [0, 0.1) is 13.8 Å². The van der Waals surface area contributed by atoms with Gasteiger partial charge in [0.15, 0.2) is 5.65 Å². The van der Waals surface area contributed by atoms with Crippen molar-refractivity contribution < 1.29 is 0 Å². The lowest BCUT2D eigenvalue weighted by Gasteiger charge is -2.10. The monoisotopic (exact) mass is 350 g/mol. The van der Waals surface area contributed by atoms with Crippen LogP contribution in [0.5, 0.6) is 0 Å². The van der Waals surface area contributed by atoms with Crippen molar-refractivity contribution in [2.75, 3.05) is 0 Å². The molecule has 128 valence electrons. The average molecular weight is 350 g/mol. The highest BCUT2D eigenvalue weighted by Crippen LogP contribution is 2.36. The molecule has 5 heteroatoms. The maximum absolute atomic E-state index is 4.68. The molecule has 3 aromatic heterocycles. The predicted octanol–water partition coefficient (Wildman–Crippen LogP) is 5.53. The van der Waals surface area contributed by atoms with E-state index in [1.54, 1.807) is 11.3 Å². The predicted molar refractivity (Wildman–Crippen MR) is 104 cm³/mol. The minimum Gasteiger partial charge on any atom is -0.268 e. The lowest BCUT2D eigenvalue weighted by Crippen LogP contribution is -2.02. The van der Waals surface area contributed by atoms with Crippen LogP contribution >= 0.6 is 11.3 Å². The fourth-order valence-electron chi connectivity index (χ4n) is 3.41. The van der Waals surface area contributed by atoms with Gasteiger partial charge in [-0.2, -0.15) is 0 Å². The van der Waals surface area contributed by atoms with Crippen molar-refractivity contribution in [3.05, 3.63) is 46.9 Å². The molecule has 4 nitrogen and oxygen atoms in total. The highest BCUT2D eigenvalue weighted by molar-refractivity contribution is 7.17. The Morgan fingerprint density at radius 3 is 2.60 bits per heavy atom. The third-order valence-electron chi connectivity index (χ3n) is 5.18. The van der Waals surface area contributed by atoms with E-state index in [0.29, 0.717) is 5.92 Å². The van der Waals surface area contributed by atoms with Gasteiger partial charge in [-0.15, -0.1) is 21.5 Å². The lowest BCUT2D eigenvalue weighted by atomic mass is 10.0. The van der Waals surface area contributed by atoms with E-state index < -0.39 is 0 Å². The molecular weight excluding hydrogens is 328 g/mol. The van der Waals surface area contributed by atoms with E-state index in [-0.39, 0.29) is 0 Å². The first kappa shape index (κ1) is 16.2. The molecular formula is C20H22N4S. The maximum atomic E-state index is 4.68. The third-order valence-corrected chi connectivity index (χ3v) is 6.06. The topological polar surface area (TPSA) is 43.1 Å². The molecule has 0 amide bonds. The Balaban J connectivity index is 1.98. The summed E-state index contributed by atoms with van der Waals surface area (Å²) < 4.78 is 2.08. The fraction of sp³-hybridized carbons (Fsp3) is 0.350. The summed E-state index contributed by atoms with van der Waals surface area (Å²) in [5.41, 5.74) is 5.95. The Morgan fingerprint density at radius 1 is 1.08 bits per heavy atom. The summed E-state index contributed by atoms with van der Waals surface area (Å²) in [7, 11) is 0. The zero-order valence-corrected chi connectivity index (χ0v) is 15.9. The fourth-order valence-corrected chi connectivity index (χ4v) is 4.32. The quantitative estimate of drug-likeness (QED) is 0.486. The van der Waals surface area contributed by atoms with Crippen molar-refractivity contribution in [2.45, 2.75) is 46.5 Å². The molecule has 0 N–H and O–H groups in total. The summed E-state index contributed by atoms with van der Waals surface area (Å²) in [6.45, 7) is 8.70. The van der Waals surface area contributed by atoms with Gasteiger partial charge in [0.1, 0.15) is 17.0 Å². The molecule has 4 aromatic rings. The van der Waals surface area contributed by atoms with Gasteiger partial charge >= 0.3 is 0 Å². The van der Waals surface area contributed by atoms with Crippen LogP contribution in [0.1, 0.15) is 49.6 Å². The number of aromatic nitrogens is 4. The van der Waals surface area contributed by atoms with Crippen LogP contribution < -0.4 is 0 Å². The average Bonchev–Trinajstić information content (AvgIpc) is 3.22. The molecule has 0 atom stereocenters. The van der Waals surface area contributed by atoms with Crippen molar-refractivity contribution >= 4 is 27.2 Å². The molecule has 0 aliphatic carbocycles. The van der Waals surface area contributed by atoms with Crippen molar-refractivity contribution in [1.82, 2.24) is 19.6 Å². The Bertz CT molecular complexity index is 1060. The molecule has 0 saturated carbocycles. The lowest BCUT2D eigenvalue weighted by molar-refractivity contribution is 0.594. The number of fused-ring (bicyclic) bond motifs is 3. The van der Waals surface area contributed by atoms with Crippen LogP contribution in [0.2, 0.25) is 0 Å². The van der Waals surface area contributed by atoms with Crippen LogP contribution in [0.4, 0.5) is 0 Å². The third kappa shape index (κ3) is 2.54. The molecule has 4 rings (SSSR count). The minimum absolute atomic E-state index is 0.415. The molecule has 0 saturated heterocycles. The van der Waals surface area contributed by atoms with Gasteiger partial charge < -0.3 is 0 Å². The number of aryl methyl sites for hydroxylation is 2. The normalized spacial score (nSPS) is 11.9. The molecule has 0 aliphatic heterocycles. The van der Waals surface area contributed by atoms with Crippen LogP contribution in [0.15, 0.2) is 29.9 Å². The summed E-state index contributed by atoms with van der Waals surface area (Å²) in [5.74, 6) is 1.43. The standard InChI is InChI=1S/C20H22N4S/c1-5-14(6-2)18-22-23-19-17-16(10-25-20(17)21-11-24(18)19)15-8-7-12(3)13(4)9-15/h7-11,14H,5-6H2,1-4H3. The zero-order chi connectivity index (χ0) is 17.6. The summed E-state index contributed by atoms with van der Waals surface area (Å²) in [4.78, 5) is 5.70. The molecule has 25 heavy (non-hydrogen) atoms. The van der Waals surface area contributed by atoms with Crippen LogP contribution in [0.3, 0.4) is 0 Å². The number of rotatable bonds is 4. The van der Waals surface area contributed by atoms with Crippen LogP contribution in [-0.4, -0.2) is 19.6 Å². The highest BCUT2D eigenvalue weighted by atomic mass is 32.1. The van der Waals surface area contributed by atoms with Gasteiger partial charge in [-0.3, -0.25) is 4.40 Å². The zero-order valence-electron chi connectivity index (χ0n) is 15.1. The molecule has 0 spiro atoms. The van der Waals surface area contributed by atoms with Gasteiger partial charge in [0, 0.05) is 16.9 Å². The van der Waals surface area contributed by atoms with E-state index in [1.807, 2.05) is 6.33 Å². The summed E-state index contributed by atoms with van der Waals surface area (Å²) in [5, 5.41) is 12.4. The molecule has 0 fully saturated rings. The van der Waals surface area contributed by atoms with Gasteiger partial charge in [0.2, 0.25) is 0 Å². The Morgan fingerprint density at radius 2 is 1.88 bits per heavy atom. The first-order chi connectivity index (χ1) is 12.1. The number of hydrogen-bond donors (Lipinski definition) is 0.